The minimum Gasteiger partial charge on any atom is -0.378 e. The molecule has 28 heavy (non-hydrogen) atoms. The van der Waals surface area contributed by atoms with E-state index in [1.54, 1.807) is 36.2 Å². The van der Waals surface area contributed by atoms with Crippen LogP contribution in [0.4, 0.5) is 5.69 Å². The first-order valence-electron chi connectivity index (χ1n) is 9.41. The van der Waals surface area contributed by atoms with Crippen molar-refractivity contribution in [3.63, 3.8) is 0 Å². The van der Waals surface area contributed by atoms with Crippen LogP contribution in [0.25, 0.3) is 0 Å². The van der Waals surface area contributed by atoms with Gasteiger partial charge in [0.1, 0.15) is 0 Å². The van der Waals surface area contributed by atoms with Crippen LogP contribution in [-0.2, 0) is 14.3 Å². The molecule has 1 fully saturated rings. The normalized spacial score (nSPS) is 14.4. The van der Waals surface area contributed by atoms with E-state index >= 15 is 0 Å². The Hall–Kier alpha value is -2.61. The number of nitrogens with zero attached hydrogens (tertiary/aromatic N) is 2. The smallest absolute Gasteiger partial charge is 0.254 e. The van der Waals surface area contributed by atoms with Crippen molar-refractivity contribution in [3.05, 3.63) is 29.8 Å². The van der Waals surface area contributed by atoms with E-state index in [2.05, 4.69) is 10.6 Å². The summed E-state index contributed by atoms with van der Waals surface area (Å²) < 4.78 is 5.27. The van der Waals surface area contributed by atoms with Crippen LogP contribution < -0.4 is 10.6 Å². The van der Waals surface area contributed by atoms with Crippen molar-refractivity contribution in [1.29, 1.82) is 0 Å². The van der Waals surface area contributed by atoms with Gasteiger partial charge < -0.3 is 25.2 Å². The van der Waals surface area contributed by atoms with Crippen LogP contribution >= 0.6 is 0 Å². The van der Waals surface area contributed by atoms with Crippen LogP contribution in [-0.4, -0.2) is 79.5 Å². The van der Waals surface area contributed by atoms with E-state index in [-0.39, 0.29) is 36.3 Å². The molecule has 1 aliphatic heterocycles. The van der Waals surface area contributed by atoms with Gasteiger partial charge in [0.15, 0.2) is 0 Å². The fraction of sp³-hybridized carbons (Fsp3) is 0.550. The summed E-state index contributed by atoms with van der Waals surface area (Å²) in [6.07, 6.45) is 0. The van der Waals surface area contributed by atoms with Crippen molar-refractivity contribution in [3.8, 4) is 0 Å². The Morgan fingerprint density at radius 2 is 1.86 bits per heavy atom. The average molecular weight is 390 g/mol. The molecule has 2 N–H and O–H groups in total. The van der Waals surface area contributed by atoms with E-state index in [1.165, 1.54) is 4.90 Å². The average Bonchev–Trinajstić information content (AvgIpc) is 2.64. The molecular formula is C20H30N4O4. The van der Waals surface area contributed by atoms with Gasteiger partial charge in [-0.15, -0.1) is 0 Å². The molecular weight excluding hydrogens is 360 g/mol. The van der Waals surface area contributed by atoms with Gasteiger partial charge in [0.25, 0.3) is 5.91 Å². The van der Waals surface area contributed by atoms with Gasteiger partial charge in [-0.3, -0.25) is 14.4 Å². The second kappa shape index (κ2) is 9.54. The summed E-state index contributed by atoms with van der Waals surface area (Å²) in [5, 5.41) is 5.85. The molecule has 8 nitrogen and oxygen atoms in total. The quantitative estimate of drug-likeness (QED) is 0.755. The third-order valence-corrected chi connectivity index (χ3v) is 4.17. The second-order valence-electron chi connectivity index (χ2n) is 7.89. The van der Waals surface area contributed by atoms with Gasteiger partial charge in [0.2, 0.25) is 11.8 Å². The molecule has 1 aliphatic rings. The minimum absolute atomic E-state index is 0.00661. The maximum Gasteiger partial charge on any atom is 0.254 e. The zero-order valence-electron chi connectivity index (χ0n) is 17.1. The maximum atomic E-state index is 12.6. The number of rotatable bonds is 6. The van der Waals surface area contributed by atoms with Crippen LogP contribution in [0.2, 0.25) is 0 Å². The van der Waals surface area contributed by atoms with Crippen LogP contribution in [0.1, 0.15) is 31.1 Å². The first kappa shape index (κ1) is 21.7. The Morgan fingerprint density at radius 1 is 1.18 bits per heavy atom. The van der Waals surface area contributed by atoms with Gasteiger partial charge in [0, 0.05) is 36.9 Å². The lowest BCUT2D eigenvalue weighted by Crippen LogP contribution is -2.47. The highest BCUT2D eigenvalue weighted by atomic mass is 16.5. The number of nitrogens with one attached hydrogen (secondary N) is 2. The summed E-state index contributed by atoms with van der Waals surface area (Å²) >= 11 is 0. The number of anilines is 1. The zero-order valence-corrected chi connectivity index (χ0v) is 17.1. The summed E-state index contributed by atoms with van der Waals surface area (Å²) in [4.78, 5) is 39.9. The summed E-state index contributed by atoms with van der Waals surface area (Å²) in [6.45, 7) is 7.95. The Kier molecular flexibility index (Phi) is 7.39. The third-order valence-electron chi connectivity index (χ3n) is 4.17. The standard InChI is InChI=1S/C20H30N4O4/c1-20(2,3)22-17(25)14-23(4)18(26)13-21-16-7-5-6-15(12-16)19(27)24-8-10-28-11-9-24/h5-7,12,21H,8-11,13-14H2,1-4H3,(H,22,25). The lowest BCUT2D eigenvalue weighted by Gasteiger charge is -2.27. The highest BCUT2D eigenvalue weighted by Crippen LogP contribution is 2.14. The van der Waals surface area contributed by atoms with Crippen LogP contribution in [0.3, 0.4) is 0 Å². The monoisotopic (exact) mass is 390 g/mol. The van der Waals surface area contributed by atoms with Crippen molar-refractivity contribution in [2.45, 2.75) is 26.3 Å². The third kappa shape index (κ3) is 6.84. The van der Waals surface area contributed by atoms with Gasteiger partial charge in [0.05, 0.1) is 26.3 Å². The minimum atomic E-state index is -0.341. The fourth-order valence-corrected chi connectivity index (χ4v) is 2.79. The number of ether oxygens (including phenoxy) is 1. The zero-order chi connectivity index (χ0) is 20.7. The maximum absolute atomic E-state index is 12.6. The number of amides is 3. The largest absolute Gasteiger partial charge is 0.378 e. The first-order valence-corrected chi connectivity index (χ1v) is 9.41. The second-order valence-corrected chi connectivity index (χ2v) is 7.89. The molecule has 2 rings (SSSR count). The van der Waals surface area contributed by atoms with Crippen molar-refractivity contribution >= 4 is 23.4 Å². The van der Waals surface area contributed by atoms with Gasteiger partial charge in [-0.25, -0.2) is 0 Å². The molecule has 0 saturated carbocycles. The van der Waals surface area contributed by atoms with Gasteiger partial charge >= 0.3 is 0 Å². The van der Waals surface area contributed by atoms with E-state index in [9.17, 15) is 14.4 Å². The van der Waals surface area contributed by atoms with Crippen molar-refractivity contribution in [2.75, 3.05) is 51.8 Å². The Bertz CT molecular complexity index is 708. The fourth-order valence-electron chi connectivity index (χ4n) is 2.79. The first-order chi connectivity index (χ1) is 13.2. The van der Waals surface area contributed by atoms with Gasteiger partial charge in [-0.05, 0) is 39.0 Å². The van der Waals surface area contributed by atoms with Crippen LogP contribution in [0.5, 0.6) is 0 Å². The van der Waals surface area contributed by atoms with Crippen molar-refractivity contribution in [2.24, 2.45) is 0 Å². The lowest BCUT2D eigenvalue weighted by molar-refractivity contribution is -0.133. The van der Waals surface area contributed by atoms with Gasteiger partial charge in [-0.1, -0.05) is 6.07 Å². The molecule has 0 bridgehead atoms. The molecule has 1 aromatic carbocycles. The molecule has 1 heterocycles. The summed E-state index contributed by atoms with van der Waals surface area (Å²) in [7, 11) is 1.59. The number of hydrogen-bond acceptors (Lipinski definition) is 5. The molecule has 154 valence electrons. The van der Waals surface area contributed by atoms with E-state index in [0.717, 1.165) is 0 Å². The molecule has 8 heteroatoms. The number of hydrogen-bond donors (Lipinski definition) is 2. The topological polar surface area (TPSA) is 91.0 Å². The van der Waals surface area contributed by atoms with E-state index in [1.807, 2.05) is 20.8 Å². The van der Waals surface area contributed by atoms with E-state index < -0.39 is 0 Å². The number of morpholine rings is 1. The molecule has 0 atom stereocenters. The molecule has 1 aromatic rings. The molecule has 0 aromatic heterocycles. The number of carbonyl (C=O) groups is 3. The Labute approximate surface area is 166 Å². The van der Waals surface area contributed by atoms with Gasteiger partial charge in [-0.2, -0.15) is 0 Å². The number of carbonyl (C=O) groups excluding carboxylic acids is 3. The molecule has 0 spiro atoms. The lowest BCUT2D eigenvalue weighted by atomic mass is 10.1. The summed E-state index contributed by atoms with van der Waals surface area (Å²) in [5.74, 6) is -0.468. The predicted molar refractivity (Wildman–Crippen MR) is 107 cm³/mol. The highest BCUT2D eigenvalue weighted by Gasteiger charge is 2.19. The predicted octanol–water partition coefficient (Wildman–Crippen LogP) is 0.944. The van der Waals surface area contributed by atoms with Crippen LogP contribution in [0.15, 0.2) is 24.3 Å². The van der Waals surface area contributed by atoms with Crippen molar-refractivity contribution in [1.82, 2.24) is 15.1 Å². The van der Waals surface area contributed by atoms with E-state index in [4.69, 9.17) is 4.74 Å². The van der Waals surface area contributed by atoms with Crippen LogP contribution in [0, 0.1) is 0 Å². The van der Waals surface area contributed by atoms with Crippen molar-refractivity contribution < 1.29 is 19.1 Å². The molecule has 3 amide bonds. The Balaban J connectivity index is 1.87. The number of likely N-dealkylation sites (N-methyl/N-ethyl adjacent to an activating group) is 1. The Morgan fingerprint density at radius 3 is 2.50 bits per heavy atom. The molecule has 0 aliphatic carbocycles. The molecule has 1 saturated heterocycles. The molecule has 0 unspecified atom stereocenters. The highest BCUT2D eigenvalue weighted by molar-refractivity contribution is 5.95. The summed E-state index contributed by atoms with van der Waals surface area (Å²) in [5.41, 5.74) is 0.907. The summed E-state index contributed by atoms with van der Waals surface area (Å²) in [6, 6.07) is 7.07. The SMILES string of the molecule is CN(CC(=O)NC(C)(C)C)C(=O)CNc1cccc(C(=O)N2CCOCC2)c1. The molecule has 0 radical (unpaired) electrons. The number of benzene rings is 1. The van der Waals surface area contributed by atoms with E-state index in [0.29, 0.717) is 37.6 Å².